The molecule has 1 aliphatic heterocycles. The summed E-state index contributed by atoms with van der Waals surface area (Å²) in [6, 6.07) is 0.268. The van der Waals surface area contributed by atoms with Gasteiger partial charge in [-0.2, -0.15) is 0 Å². The minimum absolute atomic E-state index is 0.157. The van der Waals surface area contributed by atoms with Gasteiger partial charge in [-0.25, -0.2) is 0 Å². The van der Waals surface area contributed by atoms with E-state index in [1.165, 1.54) is 0 Å². The molecule has 1 atom stereocenters. The summed E-state index contributed by atoms with van der Waals surface area (Å²) in [5.41, 5.74) is -0.242. The summed E-state index contributed by atoms with van der Waals surface area (Å²) >= 11 is 0. The number of rotatable bonds is 2. The molecule has 98 valence electrons. The predicted molar refractivity (Wildman–Crippen MR) is 66.6 cm³/mol. The fourth-order valence-corrected chi connectivity index (χ4v) is 2.83. The van der Waals surface area contributed by atoms with Crippen LogP contribution in [0.1, 0.15) is 45.4 Å². The second-order valence-corrected chi connectivity index (χ2v) is 5.82. The lowest BCUT2D eigenvalue weighted by molar-refractivity contribution is -0.132. The Morgan fingerprint density at radius 2 is 2.06 bits per heavy atom. The first-order valence-corrected chi connectivity index (χ1v) is 6.80. The van der Waals surface area contributed by atoms with Crippen LogP contribution < -0.4 is 10.6 Å². The molecule has 4 nitrogen and oxygen atoms in total. The maximum Gasteiger partial charge on any atom is 0.227 e. The first-order chi connectivity index (χ1) is 8.10. The minimum Gasteiger partial charge on any atom is -0.393 e. The highest BCUT2D eigenvalue weighted by molar-refractivity contribution is 5.82. The van der Waals surface area contributed by atoms with Crippen molar-refractivity contribution in [2.45, 2.75) is 57.6 Å². The van der Waals surface area contributed by atoms with Gasteiger partial charge in [-0.15, -0.1) is 0 Å². The molecule has 0 spiro atoms. The van der Waals surface area contributed by atoms with Crippen LogP contribution in [0.3, 0.4) is 0 Å². The molecule has 4 heteroatoms. The van der Waals surface area contributed by atoms with Crippen LogP contribution in [0.25, 0.3) is 0 Å². The number of aliphatic hydroxyl groups is 1. The first kappa shape index (κ1) is 12.8. The van der Waals surface area contributed by atoms with E-state index in [9.17, 15) is 9.90 Å². The number of carbonyl (C=O) groups excluding carboxylic acids is 1. The number of carbonyl (C=O) groups is 1. The Morgan fingerprint density at radius 1 is 1.35 bits per heavy atom. The zero-order valence-corrected chi connectivity index (χ0v) is 10.7. The fourth-order valence-electron chi connectivity index (χ4n) is 2.83. The molecule has 1 heterocycles. The Hall–Kier alpha value is -0.610. The molecule has 1 unspecified atom stereocenters. The van der Waals surface area contributed by atoms with E-state index < -0.39 is 0 Å². The number of amides is 1. The predicted octanol–water partition coefficient (Wildman–Crippen LogP) is 0.796. The van der Waals surface area contributed by atoms with Gasteiger partial charge in [0.15, 0.2) is 0 Å². The average molecular weight is 240 g/mol. The van der Waals surface area contributed by atoms with E-state index in [0.717, 1.165) is 51.6 Å². The third kappa shape index (κ3) is 3.19. The summed E-state index contributed by atoms with van der Waals surface area (Å²) in [6.45, 7) is 3.86. The lowest BCUT2D eigenvalue weighted by atomic mass is 9.81. The summed E-state index contributed by atoms with van der Waals surface area (Å²) in [5.74, 6) is 0.186. The summed E-state index contributed by atoms with van der Waals surface area (Å²) < 4.78 is 0. The second kappa shape index (κ2) is 5.36. The Bertz CT molecular complexity index is 267. The quantitative estimate of drug-likeness (QED) is 0.669. The van der Waals surface area contributed by atoms with E-state index >= 15 is 0 Å². The van der Waals surface area contributed by atoms with Crippen molar-refractivity contribution in [2.75, 3.05) is 13.1 Å². The molecule has 1 saturated carbocycles. The standard InChI is InChI=1S/C13H24N2O2/c1-13(7-2-8-14-9-13)12(17)15-10-3-5-11(16)6-4-10/h10-11,14,16H,2-9H2,1H3,(H,15,17). The lowest BCUT2D eigenvalue weighted by Gasteiger charge is -2.35. The van der Waals surface area contributed by atoms with Gasteiger partial charge in [0, 0.05) is 12.6 Å². The maximum atomic E-state index is 12.3. The molecule has 1 saturated heterocycles. The van der Waals surface area contributed by atoms with Crippen molar-refractivity contribution in [1.82, 2.24) is 10.6 Å². The van der Waals surface area contributed by atoms with Crippen LogP contribution in [0.2, 0.25) is 0 Å². The summed E-state index contributed by atoms with van der Waals surface area (Å²) in [6.07, 6.45) is 5.36. The average Bonchev–Trinajstić information content (AvgIpc) is 2.33. The largest absolute Gasteiger partial charge is 0.393 e. The Balaban J connectivity index is 1.83. The maximum absolute atomic E-state index is 12.3. The molecule has 2 fully saturated rings. The van der Waals surface area contributed by atoms with Crippen molar-refractivity contribution in [3.63, 3.8) is 0 Å². The second-order valence-electron chi connectivity index (χ2n) is 5.82. The van der Waals surface area contributed by atoms with Crippen molar-refractivity contribution in [3.05, 3.63) is 0 Å². The van der Waals surface area contributed by atoms with E-state index in [-0.39, 0.29) is 23.5 Å². The highest BCUT2D eigenvalue weighted by Crippen LogP contribution is 2.27. The summed E-state index contributed by atoms with van der Waals surface area (Å²) in [4.78, 5) is 12.3. The van der Waals surface area contributed by atoms with E-state index in [1.807, 2.05) is 6.92 Å². The van der Waals surface area contributed by atoms with Crippen molar-refractivity contribution >= 4 is 5.91 Å². The SMILES string of the molecule is CC1(C(=O)NC2CCC(O)CC2)CCCNC1. The van der Waals surface area contributed by atoms with Crippen molar-refractivity contribution in [1.29, 1.82) is 0 Å². The highest BCUT2D eigenvalue weighted by Gasteiger charge is 2.35. The number of hydrogen-bond donors (Lipinski definition) is 3. The van der Waals surface area contributed by atoms with Gasteiger partial charge in [0.05, 0.1) is 11.5 Å². The molecule has 0 aromatic carbocycles. The first-order valence-electron chi connectivity index (χ1n) is 6.80. The van der Waals surface area contributed by atoms with Gasteiger partial charge >= 0.3 is 0 Å². The van der Waals surface area contributed by atoms with Crippen LogP contribution in [-0.2, 0) is 4.79 Å². The van der Waals surface area contributed by atoms with Crippen LogP contribution in [-0.4, -0.2) is 36.2 Å². The van der Waals surface area contributed by atoms with E-state index in [2.05, 4.69) is 10.6 Å². The molecule has 0 bridgehead atoms. The molecule has 0 aromatic rings. The summed E-state index contributed by atoms with van der Waals surface area (Å²) in [7, 11) is 0. The summed E-state index contributed by atoms with van der Waals surface area (Å²) in [5, 5.41) is 15.9. The number of hydrogen-bond acceptors (Lipinski definition) is 3. The van der Waals surface area contributed by atoms with Gasteiger partial charge in [-0.1, -0.05) is 0 Å². The third-order valence-electron chi connectivity index (χ3n) is 4.18. The highest BCUT2D eigenvalue weighted by atomic mass is 16.3. The smallest absolute Gasteiger partial charge is 0.227 e. The zero-order valence-electron chi connectivity index (χ0n) is 10.7. The molecule has 0 radical (unpaired) electrons. The van der Waals surface area contributed by atoms with Crippen LogP contribution in [0, 0.1) is 5.41 Å². The topological polar surface area (TPSA) is 61.4 Å². The minimum atomic E-state index is -0.242. The Labute approximate surface area is 103 Å². The molecular formula is C13H24N2O2. The van der Waals surface area contributed by atoms with Gasteiger partial charge in [-0.05, 0) is 52.0 Å². The van der Waals surface area contributed by atoms with Gasteiger partial charge in [0.2, 0.25) is 5.91 Å². The van der Waals surface area contributed by atoms with Gasteiger partial charge in [-0.3, -0.25) is 4.79 Å². The molecule has 1 aliphatic carbocycles. The number of aliphatic hydroxyl groups excluding tert-OH is 1. The van der Waals surface area contributed by atoms with Gasteiger partial charge < -0.3 is 15.7 Å². The molecule has 2 rings (SSSR count). The van der Waals surface area contributed by atoms with Crippen LogP contribution in [0.15, 0.2) is 0 Å². The van der Waals surface area contributed by atoms with Crippen LogP contribution in [0.4, 0.5) is 0 Å². The zero-order chi connectivity index (χ0) is 12.3. The van der Waals surface area contributed by atoms with Gasteiger partial charge in [0.25, 0.3) is 0 Å². The Kier molecular flexibility index (Phi) is 4.05. The Morgan fingerprint density at radius 3 is 2.65 bits per heavy atom. The van der Waals surface area contributed by atoms with Crippen molar-refractivity contribution in [3.8, 4) is 0 Å². The number of nitrogens with one attached hydrogen (secondary N) is 2. The normalized spacial score (nSPS) is 38.7. The lowest BCUT2D eigenvalue weighted by Crippen LogP contribution is -2.51. The molecule has 17 heavy (non-hydrogen) atoms. The number of piperidine rings is 1. The monoisotopic (exact) mass is 240 g/mol. The van der Waals surface area contributed by atoms with E-state index in [0.29, 0.717) is 0 Å². The molecule has 1 amide bonds. The third-order valence-corrected chi connectivity index (χ3v) is 4.18. The van der Waals surface area contributed by atoms with E-state index in [1.54, 1.807) is 0 Å². The molecular weight excluding hydrogens is 216 g/mol. The van der Waals surface area contributed by atoms with Gasteiger partial charge in [0.1, 0.15) is 0 Å². The van der Waals surface area contributed by atoms with Crippen molar-refractivity contribution < 1.29 is 9.90 Å². The van der Waals surface area contributed by atoms with Crippen molar-refractivity contribution in [2.24, 2.45) is 5.41 Å². The molecule has 0 aromatic heterocycles. The molecule has 3 N–H and O–H groups in total. The fraction of sp³-hybridized carbons (Fsp3) is 0.923. The molecule has 2 aliphatic rings. The van der Waals surface area contributed by atoms with E-state index in [4.69, 9.17) is 0 Å². The van der Waals surface area contributed by atoms with Crippen LogP contribution in [0.5, 0.6) is 0 Å². The van der Waals surface area contributed by atoms with Crippen LogP contribution >= 0.6 is 0 Å².